The predicted molar refractivity (Wildman–Crippen MR) is 69.9 cm³/mol. The van der Waals surface area contributed by atoms with Crippen LogP contribution in [0.15, 0.2) is 18.2 Å². The van der Waals surface area contributed by atoms with E-state index in [1.807, 2.05) is 13.0 Å². The Bertz CT molecular complexity index is 411. The molecule has 2 rings (SSSR count). The van der Waals surface area contributed by atoms with Crippen molar-refractivity contribution < 1.29 is 9.13 Å². The summed E-state index contributed by atoms with van der Waals surface area (Å²) < 4.78 is 18.3. The number of hydrogen-bond acceptors (Lipinski definition) is 3. The topological polar surface area (TPSA) is 38.5 Å². The molecule has 0 aliphatic carbocycles. The Labute approximate surface area is 108 Å². The average molecular weight is 252 g/mol. The van der Waals surface area contributed by atoms with Gasteiger partial charge in [-0.15, -0.1) is 0 Å². The molecule has 0 radical (unpaired) electrons. The summed E-state index contributed by atoms with van der Waals surface area (Å²) in [6, 6.07) is 5.25. The Kier molecular flexibility index (Phi) is 4.32. The number of hydrogen-bond donors (Lipinski definition) is 1. The lowest BCUT2D eigenvalue weighted by Gasteiger charge is -2.28. The van der Waals surface area contributed by atoms with Gasteiger partial charge in [-0.05, 0) is 36.6 Å². The molecule has 18 heavy (non-hydrogen) atoms. The summed E-state index contributed by atoms with van der Waals surface area (Å²) >= 11 is 0. The quantitative estimate of drug-likeness (QED) is 0.889. The zero-order chi connectivity index (χ0) is 13.1. The van der Waals surface area contributed by atoms with Gasteiger partial charge in [0.2, 0.25) is 0 Å². The molecular weight excluding hydrogens is 231 g/mol. The van der Waals surface area contributed by atoms with Gasteiger partial charge >= 0.3 is 0 Å². The normalized spacial score (nSPS) is 24.7. The molecule has 0 spiro atoms. The third-order valence-corrected chi connectivity index (χ3v) is 3.68. The minimum absolute atomic E-state index is 0.117. The lowest BCUT2D eigenvalue weighted by Crippen LogP contribution is -2.34. The minimum atomic E-state index is -0.189. The Morgan fingerprint density at radius 2 is 2.28 bits per heavy atom. The van der Waals surface area contributed by atoms with Crippen molar-refractivity contribution >= 4 is 0 Å². The van der Waals surface area contributed by atoms with Crippen molar-refractivity contribution in [3.8, 4) is 0 Å². The van der Waals surface area contributed by atoms with Crippen molar-refractivity contribution in [2.24, 2.45) is 5.73 Å². The van der Waals surface area contributed by atoms with Crippen molar-refractivity contribution in [1.82, 2.24) is 4.90 Å². The van der Waals surface area contributed by atoms with Crippen molar-refractivity contribution in [1.29, 1.82) is 0 Å². The second kappa shape index (κ2) is 5.78. The molecule has 0 aromatic heterocycles. The molecule has 3 nitrogen and oxygen atoms in total. The molecule has 2 atom stereocenters. The third kappa shape index (κ3) is 2.71. The molecule has 0 saturated carbocycles. The van der Waals surface area contributed by atoms with Crippen molar-refractivity contribution in [2.75, 3.05) is 26.8 Å². The number of ether oxygens (including phenoxy) is 1. The van der Waals surface area contributed by atoms with Crippen LogP contribution in [0.25, 0.3) is 0 Å². The van der Waals surface area contributed by atoms with Crippen LogP contribution in [-0.4, -0.2) is 37.7 Å². The second-order valence-electron chi connectivity index (χ2n) is 4.93. The molecule has 1 heterocycles. The zero-order valence-electron chi connectivity index (χ0n) is 11.0. The zero-order valence-corrected chi connectivity index (χ0v) is 11.0. The second-order valence-corrected chi connectivity index (χ2v) is 4.93. The number of nitrogens with two attached hydrogens (primary N) is 1. The van der Waals surface area contributed by atoms with Gasteiger partial charge in [0, 0.05) is 26.2 Å². The fraction of sp³-hybridized carbons (Fsp3) is 0.571. The van der Waals surface area contributed by atoms with Crippen molar-refractivity contribution in [3.05, 3.63) is 35.1 Å². The van der Waals surface area contributed by atoms with E-state index in [0.29, 0.717) is 6.61 Å². The molecule has 1 saturated heterocycles. The summed E-state index contributed by atoms with van der Waals surface area (Å²) in [6.07, 6.45) is 0.977. The largest absolute Gasteiger partial charge is 0.383 e. The first-order valence-corrected chi connectivity index (χ1v) is 6.38. The van der Waals surface area contributed by atoms with E-state index in [1.165, 1.54) is 6.07 Å². The highest BCUT2D eigenvalue weighted by atomic mass is 19.1. The molecule has 1 aliphatic rings. The van der Waals surface area contributed by atoms with E-state index in [4.69, 9.17) is 10.5 Å². The summed E-state index contributed by atoms with van der Waals surface area (Å²) in [6.45, 7) is 4.49. The number of likely N-dealkylation sites (tertiary alicyclic amines) is 1. The van der Waals surface area contributed by atoms with E-state index in [-0.39, 0.29) is 17.9 Å². The van der Waals surface area contributed by atoms with E-state index < -0.39 is 0 Å². The summed E-state index contributed by atoms with van der Waals surface area (Å²) in [7, 11) is 1.70. The Morgan fingerprint density at radius 1 is 1.50 bits per heavy atom. The van der Waals surface area contributed by atoms with Crippen molar-refractivity contribution in [2.45, 2.75) is 25.4 Å². The first kappa shape index (κ1) is 13.5. The first-order chi connectivity index (χ1) is 8.63. The molecule has 0 amide bonds. The van der Waals surface area contributed by atoms with Gasteiger partial charge in [0.15, 0.2) is 0 Å². The average Bonchev–Trinajstić information content (AvgIpc) is 2.68. The smallest absolute Gasteiger partial charge is 0.123 e. The van der Waals surface area contributed by atoms with Crippen LogP contribution in [0, 0.1) is 12.7 Å². The summed E-state index contributed by atoms with van der Waals surface area (Å²) in [4.78, 5) is 2.33. The predicted octanol–water partition coefficient (Wildman–Crippen LogP) is 1.85. The van der Waals surface area contributed by atoms with Crippen LogP contribution in [0.4, 0.5) is 4.39 Å². The van der Waals surface area contributed by atoms with Gasteiger partial charge in [-0.25, -0.2) is 4.39 Å². The molecule has 1 aromatic rings. The lowest BCUT2D eigenvalue weighted by atomic mass is 9.96. The molecule has 1 fully saturated rings. The summed E-state index contributed by atoms with van der Waals surface area (Å²) in [5.41, 5.74) is 8.31. The maximum absolute atomic E-state index is 13.2. The monoisotopic (exact) mass is 252 g/mol. The Morgan fingerprint density at radius 3 is 2.94 bits per heavy atom. The molecule has 100 valence electrons. The highest BCUT2D eigenvalue weighted by molar-refractivity contribution is 5.31. The van der Waals surface area contributed by atoms with Crippen LogP contribution < -0.4 is 5.73 Å². The number of rotatable bonds is 4. The van der Waals surface area contributed by atoms with Crippen LogP contribution in [0.3, 0.4) is 0 Å². The van der Waals surface area contributed by atoms with Gasteiger partial charge in [-0.3, -0.25) is 4.90 Å². The van der Waals surface area contributed by atoms with Crippen molar-refractivity contribution in [3.63, 3.8) is 0 Å². The Balaban J connectivity index is 2.22. The summed E-state index contributed by atoms with van der Waals surface area (Å²) in [5, 5.41) is 0. The van der Waals surface area contributed by atoms with Gasteiger partial charge in [-0.2, -0.15) is 0 Å². The SMILES string of the molecule is COCCN1CCC(N)C1c1ccc(F)cc1C. The molecule has 1 aliphatic heterocycles. The molecule has 0 bridgehead atoms. The number of nitrogens with zero attached hydrogens (tertiary/aromatic N) is 1. The fourth-order valence-corrected chi connectivity index (χ4v) is 2.74. The van der Waals surface area contributed by atoms with Gasteiger partial charge < -0.3 is 10.5 Å². The molecule has 4 heteroatoms. The number of halogens is 1. The van der Waals surface area contributed by atoms with Crippen LogP contribution in [-0.2, 0) is 4.74 Å². The maximum Gasteiger partial charge on any atom is 0.123 e. The highest BCUT2D eigenvalue weighted by Gasteiger charge is 2.33. The molecule has 2 unspecified atom stereocenters. The van der Waals surface area contributed by atoms with Gasteiger partial charge in [0.05, 0.1) is 12.6 Å². The number of benzene rings is 1. The maximum atomic E-state index is 13.2. The standard InChI is InChI=1S/C14H21FN2O/c1-10-9-11(15)3-4-12(10)14-13(16)5-6-17(14)7-8-18-2/h3-4,9,13-14H,5-8,16H2,1-2H3. The lowest BCUT2D eigenvalue weighted by molar-refractivity contribution is 0.139. The van der Waals surface area contributed by atoms with Crippen LogP contribution in [0.2, 0.25) is 0 Å². The van der Waals surface area contributed by atoms with E-state index in [0.717, 1.165) is 30.6 Å². The minimum Gasteiger partial charge on any atom is -0.383 e. The van der Waals surface area contributed by atoms with Crippen LogP contribution in [0.1, 0.15) is 23.6 Å². The molecule has 1 aromatic carbocycles. The van der Waals surface area contributed by atoms with Crippen LogP contribution in [0.5, 0.6) is 0 Å². The van der Waals surface area contributed by atoms with Gasteiger partial charge in [-0.1, -0.05) is 6.07 Å². The first-order valence-electron chi connectivity index (χ1n) is 6.38. The van der Waals surface area contributed by atoms with Gasteiger partial charge in [0.25, 0.3) is 0 Å². The van der Waals surface area contributed by atoms with E-state index in [9.17, 15) is 4.39 Å². The Hall–Kier alpha value is -0.970. The molecular formula is C14H21FN2O. The number of methoxy groups -OCH3 is 1. The summed E-state index contributed by atoms with van der Waals surface area (Å²) in [5.74, 6) is -0.189. The van der Waals surface area contributed by atoms with Gasteiger partial charge in [0.1, 0.15) is 5.82 Å². The third-order valence-electron chi connectivity index (χ3n) is 3.68. The fourth-order valence-electron chi connectivity index (χ4n) is 2.74. The van der Waals surface area contributed by atoms with Crippen LogP contribution >= 0.6 is 0 Å². The van der Waals surface area contributed by atoms with E-state index in [2.05, 4.69) is 4.90 Å². The van der Waals surface area contributed by atoms with E-state index in [1.54, 1.807) is 13.2 Å². The molecule has 2 N–H and O–H groups in total. The number of aryl methyl sites for hydroxylation is 1. The highest BCUT2D eigenvalue weighted by Crippen LogP contribution is 2.32. The van der Waals surface area contributed by atoms with E-state index >= 15 is 0 Å².